The summed E-state index contributed by atoms with van der Waals surface area (Å²) < 4.78 is 17.5. The summed E-state index contributed by atoms with van der Waals surface area (Å²) in [6.45, 7) is 7.65. The Morgan fingerprint density at radius 3 is 1.06 bits per heavy atom. The van der Waals surface area contributed by atoms with Crippen LogP contribution in [0, 0.1) is 0 Å². The van der Waals surface area contributed by atoms with Crippen molar-refractivity contribution in [1.29, 1.82) is 0 Å². The monoisotopic (exact) mass is 1000 g/mol. The second kappa shape index (κ2) is 62.1. The third-order valence-corrected chi connectivity index (χ3v) is 13.1. The Hall–Kier alpha value is -3.18. The molecule has 0 aromatic heterocycles. The van der Waals surface area contributed by atoms with E-state index < -0.39 is 6.10 Å². The molecule has 1 atom stereocenters. The predicted molar refractivity (Wildman–Crippen MR) is 316 cm³/mol. The van der Waals surface area contributed by atoms with E-state index in [1.807, 2.05) is 6.08 Å². The largest absolute Gasteiger partial charge is 0.462 e. The van der Waals surface area contributed by atoms with Crippen LogP contribution in [0.1, 0.15) is 290 Å². The topological polar surface area (TPSA) is 61.8 Å². The van der Waals surface area contributed by atoms with Crippen LogP contribution in [0.5, 0.6) is 0 Å². The Balaban J connectivity index is 4.39. The molecule has 414 valence electrons. The number of unbranched alkanes of at least 4 members (excludes halogenated alkanes) is 29. The molecule has 0 bridgehead atoms. The van der Waals surface area contributed by atoms with Crippen molar-refractivity contribution in [3.63, 3.8) is 0 Å². The molecule has 0 spiro atoms. The van der Waals surface area contributed by atoms with Gasteiger partial charge < -0.3 is 14.2 Å². The fourth-order valence-corrected chi connectivity index (χ4v) is 8.53. The lowest BCUT2D eigenvalue weighted by Crippen LogP contribution is -2.30. The molecule has 0 amide bonds. The molecule has 0 rings (SSSR count). The Bertz CT molecular complexity index is 1360. The van der Waals surface area contributed by atoms with E-state index in [0.717, 1.165) is 70.6 Å². The molecule has 5 heteroatoms. The highest BCUT2D eigenvalue weighted by Gasteiger charge is 2.17. The van der Waals surface area contributed by atoms with Gasteiger partial charge in [0.05, 0.1) is 6.61 Å². The van der Waals surface area contributed by atoms with Crippen molar-refractivity contribution in [2.45, 2.75) is 297 Å². The quantitative estimate of drug-likeness (QED) is 0.0345. The van der Waals surface area contributed by atoms with Crippen molar-refractivity contribution in [2.75, 3.05) is 19.8 Å². The smallest absolute Gasteiger partial charge is 0.306 e. The van der Waals surface area contributed by atoms with Crippen molar-refractivity contribution in [3.05, 3.63) is 97.2 Å². The number of hydrogen-bond acceptors (Lipinski definition) is 5. The van der Waals surface area contributed by atoms with E-state index >= 15 is 0 Å². The Labute approximate surface area is 447 Å². The van der Waals surface area contributed by atoms with E-state index in [1.165, 1.54) is 180 Å². The summed E-state index contributed by atoms with van der Waals surface area (Å²) in [6.07, 6.45) is 84.5. The van der Waals surface area contributed by atoms with Crippen LogP contribution in [0.15, 0.2) is 97.2 Å². The highest BCUT2D eigenvalue weighted by molar-refractivity contribution is 5.70. The Kier molecular flexibility index (Phi) is 59.4. The van der Waals surface area contributed by atoms with Crippen molar-refractivity contribution < 1.29 is 23.8 Å². The third-order valence-electron chi connectivity index (χ3n) is 13.1. The molecule has 0 saturated heterocycles. The van der Waals surface area contributed by atoms with Crippen LogP contribution in [0.4, 0.5) is 0 Å². The fourth-order valence-electron chi connectivity index (χ4n) is 8.53. The van der Waals surface area contributed by atoms with Crippen LogP contribution in [0.2, 0.25) is 0 Å². The number of rotatable bonds is 56. The molecule has 1 unspecified atom stereocenters. The van der Waals surface area contributed by atoms with Gasteiger partial charge in [-0.15, -0.1) is 0 Å². The molecule has 0 aromatic rings. The molecular formula is C67H116O5. The number of hydrogen-bond donors (Lipinski definition) is 0. The van der Waals surface area contributed by atoms with E-state index in [-0.39, 0.29) is 25.2 Å². The maximum absolute atomic E-state index is 12.9. The number of ether oxygens (including phenoxy) is 3. The maximum Gasteiger partial charge on any atom is 0.306 e. The van der Waals surface area contributed by atoms with E-state index in [2.05, 4.69) is 112 Å². The molecular weight excluding hydrogens is 885 g/mol. The molecule has 0 fully saturated rings. The zero-order valence-corrected chi connectivity index (χ0v) is 47.7. The van der Waals surface area contributed by atoms with Gasteiger partial charge >= 0.3 is 11.9 Å². The van der Waals surface area contributed by atoms with Gasteiger partial charge in [0.2, 0.25) is 0 Å². The van der Waals surface area contributed by atoms with Crippen LogP contribution >= 0.6 is 0 Å². The first-order valence-corrected chi connectivity index (χ1v) is 30.8. The zero-order chi connectivity index (χ0) is 52.0. The third kappa shape index (κ3) is 59.4. The van der Waals surface area contributed by atoms with E-state index in [4.69, 9.17) is 14.2 Å². The SMILES string of the molecule is CC/C=C\C/C=C\C/C=C\C/C=C\C/C=C\C/C=C\CCC(=O)OCC(COCCCCCCCCCC/C=C\CCCCCCCC)OC(=O)CCCCCCCCCCC/C=C\CCCCCCCC. The number of allylic oxidation sites excluding steroid dienone is 16. The minimum Gasteiger partial charge on any atom is -0.462 e. The molecule has 0 N–H and O–H groups in total. The van der Waals surface area contributed by atoms with Gasteiger partial charge in [-0.3, -0.25) is 9.59 Å². The standard InChI is InChI=1S/C67H116O5/c1-4-7-10-13-16-19-22-25-28-31-34-36-39-42-45-48-51-54-57-60-66(68)71-64-65(63-70-62-59-56-53-50-47-44-41-38-33-30-27-24-21-18-15-12-9-6-3)72-67(69)61-58-55-52-49-46-43-40-37-35-32-29-26-23-20-17-14-11-8-5-2/h7,10,16,19,25-30,34,36,42,45,51,54,65H,4-6,8-9,11-15,17-18,20-24,31-33,35,37-41,43-44,46-50,52-53,55-64H2,1-3H3/b10-7-,19-16-,28-25-,29-26-,30-27-,36-34-,45-42-,54-51-. The van der Waals surface area contributed by atoms with Crippen molar-refractivity contribution >= 4 is 11.9 Å². The van der Waals surface area contributed by atoms with Crippen LogP contribution in [-0.2, 0) is 23.8 Å². The van der Waals surface area contributed by atoms with Gasteiger partial charge in [0.15, 0.2) is 6.10 Å². The summed E-state index contributed by atoms with van der Waals surface area (Å²) in [7, 11) is 0. The minimum absolute atomic E-state index is 0.0404. The van der Waals surface area contributed by atoms with Gasteiger partial charge in [-0.05, 0) is 109 Å². The first-order chi connectivity index (χ1) is 35.6. The van der Waals surface area contributed by atoms with Crippen LogP contribution in [-0.4, -0.2) is 37.9 Å². The molecule has 0 aliphatic rings. The van der Waals surface area contributed by atoms with Crippen molar-refractivity contribution in [2.24, 2.45) is 0 Å². The van der Waals surface area contributed by atoms with Gasteiger partial charge in [-0.25, -0.2) is 0 Å². The molecule has 0 aromatic carbocycles. The number of esters is 2. The maximum atomic E-state index is 12.9. The Morgan fingerprint density at radius 1 is 0.319 bits per heavy atom. The molecule has 0 radical (unpaired) electrons. The summed E-state index contributed by atoms with van der Waals surface area (Å²) in [5.41, 5.74) is 0. The van der Waals surface area contributed by atoms with E-state index in [9.17, 15) is 9.59 Å². The average Bonchev–Trinajstić information content (AvgIpc) is 3.38. The van der Waals surface area contributed by atoms with Gasteiger partial charge in [0.1, 0.15) is 6.61 Å². The van der Waals surface area contributed by atoms with E-state index in [1.54, 1.807) is 0 Å². The predicted octanol–water partition coefficient (Wildman–Crippen LogP) is 21.4. The molecule has 0 aliphatic heterocycles. The lowest BCUT2D eigenvalue weighted by Gasteiger charge is -2.18. The minimum atomic E-state index is -0.575. The van der Waals surface area contributed by atoms with Gasteiger partial charge in [0.25, 0.3) is 0 Å². The summed E-state index contributed by atoms with van der Waals surface area (Å²) in [4.78, 5) is 25.6. The summed E-state index contributed by atoms with van der Waals surface area (Å²) in [6, 6.07) is 0. The summed E-state index contributed by atoms with van der Waals surface area (Å²) in [5.74, 6) is -0.492. The number of carbonyl (C=O) groups excluding carboxylic acids is 2. The molecule has 0 saturated carbocycles. The molecule has 5 nitrogen and oxygen atoms in total. The van der Waals surface area contributed by atoms with Gasteiger partial charge in [-0.2, -0.15) is 0 Å². The van der Waals surface area contributed by atoms with Crippen LogP contribution < -0.4 is 0 Å². The molecule has 0 aliphatic carbocycles. The molecule has 0 heterocycles. The lowest BCUT2D eigenvalue weighted by molar-refractivity contribution is -0.162. The highest BCUT2D eigenvalue weighted by atomic mass is 16.6. The zero-order valence-electron chi connectivity index (χ0n) is 47.7. The molecule has 72 heavy (non-hydrogen) atoms. The second-order valence-corrected chi connectivity index (χ2v) is 20.2. The summed E-state index contributed by atoms with van der Waals surface area (Å²) in [5, 5.41) is 0. The summed E-state index contributed by atoms with van der Waals surface area (Å²) >= 11 is 0. The average molecular weight is 1000 g/mol. The lowest BCUT2D eigenvalue weighted by atomic mass is 10.1. The number of carbonyl (C=O) groups is 2. The van der Waals surface area contributed by atoms with Crippen LogP contribution in [0.25, 0.3) is 0 Å². The first-order valence-electron chi connectivity index (χ1n) is 30.8. The first kappa shape index (κ1) is 68.8. The second-order valence-electron chi connectivity index (χ2n) is 20.2. The van der Waals surface area contributed by atoms with Crippen LogP contribution in [0.3, 0.4) is 0 Å². The van der Waals surface area contributed by atoms with Gasteiger partial charge in [-0.1, -0.05) is 266 Å². The highest BCUT2D eigenvalue weighted by Crippen LogP contribution is 2.15. The van der Waals surface area contributed by atoms with Crippen molar-refractivity contribution in [3.8, 4) is 0 Å². The van der Waals surface area contributed by atoms with E-state index in [0.29, 0.717) is 25.9 Å². The Morgan fingerprint density at radius 2 is 0.653 bits per heavy atom. The normalized spacial score (nSPS) is 12.9. The fraction of sp³-hybridized carbons (Fsp3) is 0.731. The van der Waals surface area contributed by atoms with Crippen molar-refractivity contribution in [1.82, 2.24) is 0 Å². The van der Waals surface area contributed by atoms with Gasteiger partial charge in [0, 0.05) is 19.4 Å².